The average Bonchev–Trinajstić information content (AvgIpc) is 2.43. The molecule has 0 radical (unpaired) electrons. The zero-order chi connectivity index (χ0) is 13.7. The maximum Gasteiger partial charge on any atom is 0.394 e. The topological polar surface area (TPSA) is 88.5 Å². The molecule has 1 aromatic heterocycles. The van der Waals surface area contributed by atoms with Crippen molar-refractivity contribution in [3.8, 4) is 5.75 Å². The summed E-state index contributed by atoms with van der Waals surface area (Å²) in [5, 5.41) is 11.5. The molecule has 0 atom stereocenters. The van der Waals surface area contributed by atoms with Gasteiger partial charge in [-0.3, -0.25) is 9.78 Å². The number of aromatic nitrogens is 1. The zero-order valence-corrected chi connectivity index (χ0v) is 10.00. The van der Waals surface area contributed by atoms with Crippen molar-refractivity contribution in [1.29, 1.82) is 0 Å². The van der Waals surface area contributed by atoms with E-state index in [9.17, 15) is 9.59 Å². The van der Waals surface area contributed by atoms with E-state index in [1.54, 1.807) is 12.3 Å². The van der Waals surface area contributed by atoms with Crippen molar-refractivity contribution in [2.75, 3.05) is 13.2 Å². The number of nitrogens with zero attached hydrogens (tertiary/aromatic N) is 1. The number of fused-ring (bicyclic) bond motifs is 1. The van der Waals surface area contributed by atoms with Gasteiger partial charge in [0, 0.05) is 11.6 Å². The van der Waals surface area contributed by atoms with Crippen LogP contribution < -0.4 is 10.1 Å². The van der Waals surface area contributed by atoms with Gasteiger partial charge in [0.1, 0.15) is 12.4 Å². The standard InChI is InChI=1S/C13H12N2O4/c16-12(13(17)18)15-6-7-19-10-3-4-11-9(8-10)2-1-5-14-11/h1-5,8H,6-7H2,(H,15,16)(H,17,18). The van der Waals surface area contributed by atoms with Gasteiger partial charge in [0.05, 0.1) is 12.1 Å². The van der Waals surface area contributed by atoms with Crippen molar-refractivity contribution in [2.24, 2.45) is 0 Å². The number of nitrogens with one attached hydrogen (secondary N) is 1. The molecule has 2 aromatic rings. The number of carbonyl (C=O) groups is 2. The van der Waals surface area contributed by atoms with Crippen LogP contribution in [-0.2, 0) is 9.59 Å². The van der Waals surface area contributed by atoms with Gasteiger partial charge in [-0.25, -0.2) is 4.79 Å². The van der Waals surface area contributed by atoms with Gasteiger partial charge in [-0.1, -0.05) is 6.07 Å². The van der Waals surface area contributed by atoms with E-state index < -0.39 is 11.9 Å². The predicted octanol–water partition coefficient (Wildman–Crippen LogP) is 0.814. The fourth-order valence-corrected chi connectivity index (χ4v) is 1.55. The Balaban J connectivity index is 1.88. The summed E-state index contributed by atoms with van der Waals surface area (Å²) in [4.78, 5) is 25.2. The van der Waals surface area contributed by atoms with Crippen molar-refractivity contribution >= 4 is 22.8 Å². The monoisotopic (exact) mass is 260 g/mol. The molecule has 19 heavy (non-hydrogen) atoms. The third kappa shape index (κ3) is 3.41. The fraction of sp³-hybridized carbons (Fsp3) is 0.154. The third-order valence-electron chi connectivity index (χ3n) is 2.43. The number of hydrogen-bond donors (Lipinski definition) is 2. The number of ether oxygens (including phenoxy) is 1. The Morgan fingerprint density at radius 3 is 2.95 bits per heavy atom. The molecular weight excluding hydrogens is 248 g/mol. The van der Waals surface area contributed by atoms with Gasteiger partial charge < -0.3 is 15.2 Å². The second kappa shape index (κ2) is 5.81. The molecule has 6 nitrogen and oxygen atoms in total. The number of amides is 1. The van der Waals surface area contributed by atoms with E-state index >= 15 is 0 Å². The molecule has 0 unspecified atom stereocenters. The Hall–Kier alpha value is -2.63. The van der Waals surface area contributed by atoms with Crippen LogP contribution in [0.25, 0.3) is 10.9 Å². The maximum atomic E-state index is 10.8. The first-order chi connectivity index (χ1) is 9.16. The normalized spacial score (nSPS) is 10.1. The summed E-state index contributed by atoms with van der Waals surface area (Å²) in [5.41, 5.74) is 0.869. The van der Waals surface area contributed by atoms with Gasteiger partial charge in [-0.2, -0.15) is 0 Å². The van der Waals surface area contributed by atoms with E-state index in [1.165, 1.54) is 0 Å². The Morgan fingerprint density at radius 2 is 2.16 bits per heavy atom. The SMILES string of the molecule is O=C(O)C(=O)NCCOc1ccc2ncccc2c1. The molecule has 2 rings (SSSR count). The predicted molar refractivity (Wildman–Crippen MR) is 67.9 cm³/mol. The van der Waals surface area contributed by atoms with Crippen LogP contribution in [0.1, 0.15) is 0 Å². The van der Waals surface area contributed by atoms with E-state index in [1.807, 2.05) is 24.3 Å². The largest absolute Gasteiger partial charge is 0.492 e. The average molecular weight is 260 g/mol. The molecule has 0 aliphatic heterocycles. The van der Waals surface area contributed by atoms with Crippen LogP contribution in [0, 0.1) is 0 Å². The third-order valence-corrected chi connectivity index (χ3v) is 2.43. The summed E-state index contributed by atoms with van der Waals surface area (Å²) in [5.74, 6) is -1.90. The molecule has 98 valence electrons. The van der Waals surface area contributed by atoms with Gasteiger partial charge in [-0.05, 0) is 24.3 Å². The Kier molecular flexibility index (Phi) is 3.92. The number of rotatable bonds is 4. The number of carboxylic acids is 1. The minimum Gasteiger partial charge on any atom is -0.492 e. The maximum absolute atomic E-state index is 10.8. The van der Waals surface area contributed by atoms with Crippen molar-refractivity contribution in [3.05, 3.63) is 36.5 Å². The van der Waals surface area contributed by atoms with Crippen molar-refractivity contribution in [1.82, 2.24) is 10.3 Å². The summed E-state index contributed by atoms with van der Waals surface area (Å²) in [6.45, 7) is 0.334. The molecule has 6 heteroatoms. The Bertz CT molecular complexity index is 612. The van der Waals surface area contributed by atoms with Crippen LogP contribution in [0.2, 0.25) is 0 Å². The summed E-state index contributed by atoms with van der Waals surface area (Å²) in [7, 11) is 0. The van der Waals surface area contributed by atoms with Crippen molar-refractivity contribution < 1.29 is 19.4 Å². The number of aliphatic carboxylic acids is 1. The highest BCUT2D eigenvalue weighted by Crippen LogP contribution is 2.18. The van der Waals surface area contributed by atoms with Crippen molar-refractivity contribution in [3.63, 3.8) is 0 Å². The quantitative estimate of drug-likeness (QED) is 0.627. The lowest BCUT2D eigenvalue weighted by atomic mass is 10.2. The van der Waals surface area contributed by atoms with Gasteiger partial charge in [0.15, 0.2) is 0 Å². The second-order valence-electron chi connectivity index (χ2n) is 3.77. The number of benzene rings is 1. The van der Waals surface area contributed by atoms with Crippen LogP contribution in [0.4, 0.5) is 0 Å². The number of pyridine rings is 1. The van der Waals surface area contributed by atoms with E-state index in [-0.39, 0.29) is 13.2 Å². The zero-order valence-electron chi connectivity index (χ0n) is 10.00. The van der Waals surface area contributed by atoms with Crippen LogP contribution in [0.15, 0.2) is 36.5 Å². The lowest BCUT2D eigenvalue weighted by Crippen LogP contribution is -2.33. The smallest absolute Gasteiger partial charge is 0.394 e. The highest BCUT2D eigenvalue weighted by molar-refractivity contribution is 6.31. The van der Waals surface area contributed by atoms with Gasteiger partial charge in [-0.15, -0.1) is 0 Å². The van der Waals surface area contributed by atoms with E-state index in [4.69, 9.17) is 9.84 Å². The number of carboxylic acid groups (broad SMARTS) is 1. The van der Waals surface area contributed by atoms with Crippen LogP contribution in [-0.4, -0.2) is 35.1 Å². The molecule has 0 bridgehead atoms. The van der Waals surface area contributed by atoms with Crippen LogP contribution in [0.5, 0.6) is 5.75 Å². The lowest BCUT2D eigenvalue weighted by molar-refractivity contribution is -0.150. The molecule has 0 fully saturated rings. The second-order valence-corrected chi connectivity index (χ2v) is 3.77. The summed E-state index contributed by atoms with van der Waals surface area (Å²) >= 11 is 0. The highest BCUT2D eigenvalue weighted by atomic mass is 16.5. The molecule has 1 heterocycles. The van der Waals surface area contributed by atoms with E-state index in [0.29, 0.717) is 5.75 Å². The van der Waals surface area contributed by atoms with Gasteiger partial charge in [0.25, 0.3) is 0 Å². The summed E-state index contributed by atoms with van der Waals surface area (Å²) in [6, 6.07) is 9.19. The van der Waals surface area contributed by atoms with E-state index in [0.717, 1.165) is 10.9 Å². The molecule has 0 spiro atoms. The summed E-state index contributed by atoms with van der Waals surface area (Å²) < 4.78 is 5.41. The molecule has 1 amide bonds. The Labute approximate surface area is 109 Å². The molecule has 1 aromatic carbocycles. The molecule has 0 saturated heterocycles. The number of hydrogen-bond acceptors (Lipinski definition) is 4. The first-order valence-corrected chi connectivity index (χ1v) is 5.65. The van der Waals surface area contributed by atoms with Crippen LogP contribution >= 0.6 is 0 Å². The van der Waals surface area contributed by atoms with Gasteiger partial charge in [0.2, 0.25) is 0 Å². The van der Waals surface area contributed by atoms with Crippen molar-refractivity contribution in [2.45, 2.75) is 0 Å². The first-order valence-electron chi connectivity index (χ1n) is 5.65. The number of carbonyl (C=O) groups excluding carboxylic acids is 1. The molecule has 0 aliphatic carbocycles. The molecule has 0 aliphatic rings. The summed E-state index contributed by atoms with van der Waals surface area (Å²) in [6.07, 6.45) is 1.71. The van der Waals surface area contributed by atoms with E-state index in [2.05, 4.69) is 10.3 Å². The minimum absolute atomic E-state index is 0.135. The molecule has 0 saturated carbocycles. The Morgan fingerprint density at radius 1 is 1.32 bits per heavy atom. The first kappa shape index (κ1) is 12.8. The van der Waals surface area contributed by atoms with Crippen LogP contribution in [0.3, 0.4) is 0 Å². The minimum atomic E-state index is -1.50. The molecule has 2 N–H and O–H groups in total. The van der Waals surface area contributed by atoms with Gasteiger partial charge >= 0.3 is 11.9 Å². The highest BCUT2D eigenvalue weighted by Gasteiger charge is 2.09. The fourth-order valence-electron chi connectivity index (χ4n) is 1.55. The lowest BCUT2D eigenvalue weighted by Gasteiger charge is -2.07. The molecular formula is C13H12N2O4.